The highest BCUT2D eigenvalue weighted by atomic mass is 35.5. The minimum Gasteiger partial charge on any atom is -0.437 e. The summed E-state index contributed by atoms with van der Waals surface area (Å²) in [5.41, 5.74) is 3.26. The molecule has 1 heterocycles. The van der Waals surface area contributed by atoms with Crippen LogP contribution in [0.15, 0.2) is 18.2 Å². The number of nitrogens with one attached hydrogen (secondary N) is 1. The van der Waals surface area contributed by atoms with Crippen molar-refractivity contribution in [1.29, 1.82) is 0 Å². The second-order valence-corrected chi connectivity index (χ2v) is 5.33. The van der Waals surface area contributed by atoms with Crippen molar-refractivity contribution in [3.8, 4) is 11.6 Å². The number of nitrogens with two attached hydrogens (primary N) is 1. The molecule has 0 aliphatic rings. The van der Waals surface area contributed by atoms with Crippen LogP contribution in [-0.4, -0.2) is 9.97 Å². The fourth-order valence-corrected chi connectivity index (χ4v) is 2.09. The second-order valence-electron chi connectivity index (χ2n) is 4.49. The van der Waals surface area contributed by atoms with Crippen LogP contribution in [-0.2, 0) is 6.42 Å². The van der Waals surface area contributed by atoms with Crippen LogP contribution in [0.1, 0.15) is 24.7 Å². The fourth-order valence-electron chi connectivity index (χ4n) is 1.78. The normalized spacial score (nSPS) is 10.5. The molecule has 5 nitrogen and oxygen atoms in total. The summed E-state index contributed by atoms with van der Waals surface area (Å²) < 4.78 is 5.79. The molecule has 2 aromatic rings. The van der Waals surface area contributed by atoms with Crippen LogP contribution >= 0.6 is 23.2 Å². The number of nitrogen functional groups attached to an aromatic ring is 1. The van der Waals surface area contributed by atoms with Crippen molar-refractivity contribution in [2.75, 3.05) is 5.43 Å². The van der Waals surface area contributed by atoms with Crippen molar-refractivity contribution in [3.05, 3.63) is 39.6 Å². The molecule has 112 valence electrons. The van der Waals surface area contributed by atoms with Gasteiger partial charge in [-0.25, -0.2) is 10.8 Å². The lowest BCUT2D eigenvalue weighted by Crippen LogP contribution is -2.13. The highest BCUT2D eigenvalue weighted by molar-refractivity contribution is 6.34. The van der Waals surface area contributed by atoms with E-state index in [1.165, 1.54) is 0 Å². The second kappa shape index (κ2) is 6.93. The van der Waals surface area contributed by atoms with E-state index >= 15 is 0 Å². The molecule has 0 bridgehead atoms. The number of benzene rings is 1. The summed E-state index contributed by atoms with van der Waals surface area (Å²) in [7, 11) is 0. The predicted octanol–water partition coefficient (Wildman–Crippen LogP) is 4.12. The molecule has 2 rings (SSSR count). The van der Waals surface area contributed by atoms with Crippen LogP contribution in [0.3, 0.4) is 0 Å². The summed E-state index contributed by atoms with van der Waals surface area (Å²) >= 11 is 12.1. The summed E-state index contributed by atoms with van der Waals surface area (Å²) in [6.45, 7) is 3.87. The first kappa shape index (κ1) is 15.8. The third kappa shape index (κ3) is 3.75. The molecule has 0 saturated carbocycles. The van der Waals surface area contributed by atoms with Crippen LogP contribution in [0.4, 0.5) is 5.82 Å². The average Bonchev–Trinajstić information content (AvgIpc) is 2.46. The number of rotatable bonds is 5. The maximum atomic E-state index is 6.11. The minimum absolute atomic E-state index is 0.408. The number of anilines is 1. The highest BCUT2D eigenvalue weighted by Gasteiger charge is 2.13. The van der Waals surface area contributed by atoms with Crippen LogP contribution in [0, 0.1) is 6.92 Å². The minimum atomic E-state index is 0.408. The Kier molecular flexibility index (Phi) is 5.22. The van der Waals surface area contributed by atoms with Gasteiger partial charge in [-0.2, -0.15) is 4.98 Å². The highest BCUT2D eigenvalue weighted by Crippen LogP contribution is 2.33. The van der Waals surface area contributed by atoms with Gasteiger partial charge in [0.2, 0.25) is 5.88 Å². The smallest absolute Gasteiger partial charge is 0.227 e. The zero-order valence-electron chi connectivity index (χ0n) is 11.8. The number of hydrazine groups is 1. The van der Waals surface area contributed by atoms with Crippen LogP contribution < -0.4 is 16.0 Å². The molecular weight excluding hydrogens is 311 g/mol. The summed E-state index contributed by atoms with van der Waals surface area (Å²) in [6, 6.07) is 5.00. The molecule has 0 fully saturated rings. The standard InChI is InChI=1S/C14H16Cl2N4O/c1-3-4-12-18-13(20-17)8(2)14(19-12)21-11-7-9(15)5-6-10(11)16/h5-7H,3-4,17H2,1-2H3,(H,18,19,20). The number of hydrogen-bond donors (Lipinski definition) is 2. The Bertz CT molecular complexity index is 649. The van der Waals surface area contributed by atoms with E-state index in [9.17, 15) is 0 Å². The Labute approximate surface area is 133 Å². The number of hydrogen-bond acceptors (Lipinski definition) is 5. The molecular formula is C14H16Cl2N4O. The zero-order chi connectivity index (χ0) is 15.4. The van der Waals surface area contributed by atoms with Crippen molar-refractivity contribution < 1.29 is 4.74 Å². The molecule has 0 radical (unpaired) electrons. The van der Waals surface area contributed by atoms with Gasteiger partial charge in [-0.1, -0.05) is 30.1 Å². The molecule has 0 aliphatic heterocycles. The Balaban J connectivity index is 2.42. The molecule has 0 atom stereocenters. The Morgan fingerprint density at radius 2 is 2.05 bits per heavy atom. The quantitative estimate of drug-likeness (QED) is 0.638. The van der Waals surface area contributed by atoms with E-state index in [-0.39, 0.29) is 0 Å². The predicted molar refractivity (Wildman–Crippen MR) is 85.1 cm³/mol. The van der Waals surface area contributed by atoms with Crippen LogP contribution in [0.2, 0.25) is 10.0 Å². The monoisotopic (exact) mass is 326 g/mol. The molecule has 3 N–H and O–H groups in total. The van der Waals surface area contributed by atoms with Gasteiger partial charge in [0.25, 0.3) is 0 Å². The van der Waals surface area contributed by atoms with Crippen LogP contribution in [0.5, 0.6) is 11.6 Å². The van der Waals surface area contributed by atoms with Crippen molar-refractivity contribution in [2.24, 2.45) is 5.84 Å². The van der Waals surface area contributed by atoms with Gasteiger partial charge in [0.1, 0.15) is 17.4 Å². The van der Waals surface area contributed by atoms with Gasteiger partial charge in [-0.05, 0) is 25.5 Å². The van der Waals surface area contributed by atoms with E-state index in [0.29, 0.717) is 38.9 Å². The fraction of sp³-hybridized carbons (Fsp3) is 0.286. The Morgan fingerprint density at radius 1 is 1.29 bits per heavy atom. The van der Waals surface area contributed by atoms with Gasteiger partial charge in [-0.15, -0.1) is 0 Å². The Morgan fingerprint density at radius 3 is 2.71 bits per heavy atom. The van der Waals surface area contributed by atoms with Crippen molar-refractivity contribution in [1.82, 2.24) is 9.97 Å². The summed E-state index contributed by atoms with van der Waals surface area (Å²) in [5.74, 6) is 7.52. The summed E-state index contributed by atoms with van der Waals surface area (Å²) in [5, 5.41) is 0.990. The maximum absolute atomic E-state index is 6.11. The largest absolute Gasteiger partial charge is 0.437 e. The number of nitrogens with zero attached hydrogens (tertiary/aromatic N) is 2. The molecule has 0 aliphatic carbocycles. The van der Waals surface area contributed by atoms with Gasteiger partial charge in [0, 0.05) is 17.5 Å². The van der Waals surface area contributed by atoms with E-state index in [2.05, 4.69) is 15.4 Å². The lowest BCUT2D eigenvalue weighted by molar-refractivity contribution is 0.455. The lowest BCUT2D eigenvalue weighted by atomic mass is 10.3. The molecule has 21 heavy (non-hydrogen) atoms. The van der Waals surface area contributed by atoms with Gasteiger partial charge in [0.05, 0.1) is 10.6 Å². The molecule has 0 unspecified atom stereocenters. The molecule has 1 aromatic carbocycles. The molecule has 1 aromatic heterocycles. The zero-order valence-corrected chi connectivity index (χ0v) is 13.3. The molecule has 0 amide bonds. The van der Waals surface area contributed by atoms with Crippen molar-refractivity contribution in [2.45, 2.75) is 26.7 Å². The van der Waals surface area contributed by atoms with Gasteiger partial charge >= 0.3 is 0 Å². The first-order chi connectivity index (χ1) is 10.0. The number of aromatic nitrogens is 2. The third-order valence-corrected chi connectivity index (χ3v) is 3.41. The molecule has 0 saturated heterocycles. The topological polar surface area (TPSA) is 73.1 Å². The number of halogens is 2. The van der Waals surface area contributed by atoms with Gasteiger partial charge in [0.15, 0.2) is 0 Å². The molecule has 0 spiro atoms. The summed E-state index contributed by atoms with van der Waals surface area (Å²) in [4.78, 5) is 8.74. The van der Waals surface area contributed by atoms with E-state index in [4.69, 9.17) is 33.8 Å². The van der Waals surface area contributed by atoms with E-state index in [0.717, 1.165) is 12.8 Å². The van der Waals surface area contributed by atoms with Crippen LogP contribution in [0.25, 0.3) is 0 Å². The van der Waals surface area contributed by atoms with E-state index < -0.39 is 0 Å². The Hall–Kier alpha value is -1.56. The van der Waals surface area contributed by atoms with Crippen molar-refractivity contribution >= 4 is 29.0 Å². The maximum Gasteiger partial charge on any atom is 0.227 e. The molecule has 7 heteroatoms. The SMILES string of the molecule is CCCc1nc(NN)c(C)c(Oc2cc(Cl)ccc2Cl)n1. The van der Waals surface area contributed by atoms with Gasteiger partial charge < -0.3 is 10.2 Å². The first-order valence-electron chi connectivity index (χ1n) is 6.52. The summed E-state index contributed by atoms with van der Waals surface area (Å²) in [6.07, 6.45) is 1.65. The van der Waals surface area contributed by atoms with Crippen molar-refractivity contribution in [3.63, 3.8) is 0 Å². The van der Waals surface area contributed by atoms with Gasteiger partial charge in [-0.3, -0.25) is 0 Å². The number of ether oxygens (including phenoxy) is 1. The third-order valence-electron chi connectivity index (χ3n) is 2.86. The lowest BCUT2D eigenvalue weighted by Gasteiger charge is -2.13. The average molecular weight is 327 g/mol. The number of aryl methyl sites for hydroxylation is 1. The van der Waals surface area contributed by atoms with E-state index in [1.54, 1.807) is 18.2 Å². The van der Waals surface area contributed by atoms with E-state index in [1.807, 2.05) is 13.8 Å². The first-order valence-corrected chi connectivity index (χ1v) is 7.27.